The van der Waals surface area contributed by atoms with Gasteiger partial charge in [-0.3, -0.25) is 0 Å². The third kappa shape index (κ3) is 2.32. The van der Waals surface area contributed by atoms with Gasteiger partial charge in [0.2, 0.25) is 5.88 Å². The van der Waals surface area contributed by atoms with Crippen LogP contribution in [-0.4, -0.2) is 21.8 Å². The van der Waals surface area contributed by atoms with Gasteiger partial charge in [0.1, 0.15) is 5.82 Å². The molecule has 3 nitrogen and oxygen atoms in total. The van der Waals surface area contributed by atoms with Crippen molar-refractivity contribution in [1.82, 2.24) is 4.98 Å². The normalized spacial score (nSPS) is 25.6. The molecular weight excluding hydrogens is 209 g/mol. The van der Waals surface area contributed by atoms with E-state index in [-0.39, 0.29) is 24.2 Å². The highest BCUT2D eigenvalue weighted by atomic mass is 19.1. The summed E-state index contributed by atoms with van der Waals surface area (Å²) in [5.41, 5.74) is 0.559. The molecule has 0 saturated heterocycles. The number of pyridine rings is 1. The summed E-state index contributed by atoms with van der Waals surface area (Å²) in [5, 5.41) is 18.3. The molecule has 1 aliphatic rings. The number of halogens is 1. The fourth-order valence-corrected chi connectivity index (χ4v) is 2.41. The predicted molar refractivity (Wildman–Crippen MR) is 57.6 cm³/mol. The Morgan fingerprint density at radius 1 is 1.31 bits per heavy atom. The van der Waals surface area contributed by atoms with E-state index in [4.69, 9.17) is 5.11 Å². The van der Waals surface area contributed by atoms with Crippen LogP contribution in [0.15, 0.2) is 12.3 Å². The van der Waals surface area contributed by atoms with Gasteiger partial charge in [-0.1, -0.05) is 0 Å². The van der Waals surface area contributed by atoms with Crippen molar-refractivity contribution in [1.29, 1.82) is 0 Å². The Balaban J connectivity index is 2.10. The van der Waals surface area contributed by atoms with Crippen LogP contribution in [-0.2, 0) is 0 Å². The standard InChI is InChI=1S/C12H16FNO2/c13-11-6-14-12(16)5-10(11)9-3-1-8(7-15)2-4-9/h5-6,8-9,15H,1-4,7H2,(H,14,16)/t8-,9+. The molecule has 1 aromatic rings. The molecule has 2 rings (SSSR count). The molecule has 0 spiro atoms. The van der Waals surface area contributed by atoms with Crippen LogP contribution in [0.4, 0.5) is 4.39 Å². The van der Waals surface area contributed by atoms with Gasteiger partial charge in [0.15, 0.2) is 0 Å². The van der Waals surface area contributed by atoms with Crippen molar-refractivity contribution in [2.45, 2.75) is 31.6 Å². The molecule has 4 heteroatoms. The van der Waals surface area contributed by atoms with E-state index in [1.807, 2.05) is 0 Å². The van der Waals surface area contributed by atoms with Crippen LogP contribution in [0.3, 0.4) is 0 Å². The summed E-state index contributed by atoms with van der Waals surface area (Å²) >= 11 is 0. The van der Waals surface area contributed by atoms with Crippen molar-refractivity contribution >= 4 is 0 Å². The molecule has 2 N–H and O–H groups in total. The lowest BCUT2D eigenvalue weighted by Gasteiger charge is -2.27. The average molecular weight is 225 g/mol. The van der Waals surface area contributed by atoms with E-state index in [2.05, 4.69) is 4.98 Å². The van der Waals surface area contributed by atoms with E-state index in [0.717, 1.165) is 31.9 Å². The zero-order valence-corrected chi connectivity index (χ0v) is 9.06. The molecule has 0 aliphatic heterocycles. The fraction of sp³-hybridized carbons (Fsp3) is 0.583. The SMILES string of the molecule is OC[C@H]1CC[C@@H](c2cc(O)ncc2F)CC1. The predicted octanol–water partition coefficient (Wildman–Crippen LogP) is 2.19. The second kappa shape index (κ2) is 4.78. The molecule has 1 aliphatic carbocycles. The summed E-state index contributed by atoms with van der Waals surface area (Å²) in [6.07, 6.45) is 4.65. The fourth-order valence-electron chi connectivity index (χ4n) is 2.41. The molecule has 0 aromatic carbocycles. The minimum absolute atomic E-state index is 0.124. The Labute approximate surface area is 94.0 Å². The monoisotopic (exact) mass is 225 g/mol. The van der Waals surface area contributed by atoms with Crippen LogP contribution in [0.25, 0.3) is 0 Å². The van der Waals surface area contributed by atoms with E-state index in [1.54, 1.807) is 0 Å². The summed E-state index contributed by atoms with van der Waals surface area (Å²) in [6, 6.07) is 1.42. The number of aromatic nitrogens is 1. The number of aliphatic hydroxyl groups is 1. The first-order chi connectivity index (χ1) is 7.70. The highest BCUT2D eigenvalue weighted by Gasteiger charge is 2.24. The smallest absolute Gasteiger partial charge is 0.211 e. The van der Waals surface area contributed by atoms with E-state index in [0.29, 0.717) is 11.5 Å². The van der Waals surface area contributed by atoms with Crippen LogP contribution < -0.4 is 0 Å². The lowest BCUT2D eigenvalue weighted by Crippen LogP contribution is -2.16. The number of rotatable bonds is 2. The zero-order chi connectivity index (χ0) is 11.5. The lowest BCUT2D eigenvalue weighted by atomic mass is 9.79. The van der Waals surface area contributed by atoms with Crippen molar-refractivity contribution in [3.8, 4) is 5.88 Å². The zero-order valence-electron chi connectivity index (χ0n) is 9.06. The molecule has 88 valence electrons. The van der Waals surface area contributed by atoms with Gasteiger partial charge in [0, 0.05) is 12.7 Å². The van der Waals surface area contributed by atoms with Gasteiger partial charge in [-0.2, -0.15) is 0 Å². The second-order valence-corrected chi connectivity index (χ2v) is 4.46. The Morgan fingerprint density at radius 2 is 2.00 bits per heavy atom. The van der Waals surface area contributed by atoms with Crippen LogP contribution in [0.1, 0.15) is 37.2 Å². The van der Waals surface area contributed by atoms with Crippen molar-refractivity contribution in [2.24, 2.45) is 5.92 Å². The van der Waals surface area contributed by atoms with Gasteiger partial charge in [-0.25, -0.2) is 9.37 Å². The van der Waals surface area contributed by atoms with Gasteiger partial charge < -0.3 is 10.2 Å². The molecule has 0 amide bonds. The third-order valence-electron chi connectivity index (χ3n) is 3.42. The van der Waals surface area contributed by atoms with Crippen LogP contribution >= 0.6 is 0 Å². The maximum atomic E-state index is 13.5. The van der Waals surface area contributed by atoms with Crippen LogP contribution in [0.5, 0.6) is 5.88 Å². The second-order valence-electron chi connectivity index (χ2n) is 4.46. The first kappa shape index (κ1) is 11.3. The van der Waals surface area contributed by atoms with Crippen molar-refractivity contribution < 1.29 is 14.6 Å². The molecular formula is C12H16FNO2. The average Bonchev–Trinajstić information content (AvgIpc) is 2.32. The Bertz CT molecular complexity index is 362. The molecule has 0 bridgehead atoms. The largest absolute Gasteiger partial charge is 0.493 e. The Hall–Kier alpha value is -1.16. The quantitative estimate of drug-likeness (QED) is 0.811. The van der Waals surface area contributed by atoms with E-state index < -0.39 is 0 Å². The highest BCUT2D eigenvalue weighted by Crippen LogP contribution is 2.37. The molecule has 1 saturated carbocycles. The van der Waals surface area contributed by atoms with E-state index in [1.165, 1.54) is 6.07 Å². The number of aromatic hydroxyl groups is 1. The Morgan fingerprint density at radius 3 is 2.62 bits per heavy atom. The molecule has 1 aromatic heterocycles. The molecule has 0 radical (unpaired) electrons. The van der Waals surface area contributed by atoms with Gasteiger partial charge >= 0.3 is 0 Å². The van der Waals surface area contributed by atoms with E-state index in [9.17, 15) is 9.50 Å². The molecule has 1 fully saturated rings. The topological polar surface area (TPSA) is 53.4 Å². The molecule has 16 heavy (non-hydrogen) atoms. The number of nitrogens with zero attached hydrogens (tertiary/aromatic N) is 1. The minimum atomic E-state index is -0.342. The number of hydrogen-bond donors (Lipinski definition) is 2. The van der Waals surface area contributed by atoms with Crippen molar-refractivity contribution in [3.63, 3.8) is 0 Å². The summed E-state index contributed by atoms with van der Waals surface area (Å²) in [5.74, 6) is 0.0392. The third-order valence-corrected chi connectivity index (χ3v) is 3.42. The summed E-state index contributed by atoms with van der Waals surface area (Å²) in [7, 11) is 0. The van der Waals surface area contributed by atoms with Crippen LogP contribution in [0.2, 0.25) is 0 Å². The molecule has 0 atom stereocenters. The number of hydrogen-bond acceptors (Lipinski definition) is 3. The molecule has 0 unspecified atom stereocenters. The van der Waals surface area contributed by atoms with Gasteiger partial charge in [0.25, 0.3) is 0 Å². The summed E-state index contributed by atoms with van der Waals surface area (Å²) < 4.78 is 13.5. The van der Waals surface area contributed by atoms with E-state index >= 15 is 0 Å². The molecule has 1 heterocycles. The highest BCUT2D eigenvalue weighted by molar-refractivity contribution is 5.25. The van der Waals surface area contributed by atoms with Crippen LogP contribution in [0, 0.1) is 11.7 Å². The maximum Gasteiger partial charge on any atom is 0.211 e. The minimum Gasteiger partial charge on any atom is -0.493 e. The van der Waals surface area contributed by atoms with Gasteiger partial charge in [-0.15, -0.1) is 0 Å². The van der Waals surface area contributed by atoms with Gasteiger partial charge in [-0.05, 0) is 43.1 Å². The van der Waals surface area contributed by atoms with Crippen molar-refractivity contribution in [3.05, 3.63) is 23.6 Å². The summed E-state index contributed by atoms with van der Waals surface area (Å²) in [4.78, 5) is 3.51. The Kier molecular flexibility index (Phi) is 3.39. The number of aliphatic hydroxyl groups excluding tert-OH is 1. The van der Waals surface area contributed by atoms with Crippen molar-refractivity contribution in [2.75, 3.05) is 6.61 Å². The maximum absolute atomic E-state index is 13.5. The summed E-state index contributed by atoms with van der Waals surface area (Å²) in [6.45, 7) is 0.219. The van der Waals surface area contributed by atoms with Gasteiger partial charge in [0.05, 0.1) is 6.20 Å². The lowest BCUT2D eigenvalue weighted by molar-refractivity contribution is 0.181. The first-order valence-electron chi connectivity index (χ1n) is 5.66. The first-order valence-corrected chi connectivity index (χ1v) is 5.66.